The van der Waals surface area contributed by atoms with Gasteiger partial charge in [0, 0.05) is 18.2 Å². The number of hydrogen-bond acceptors (Lipinski definition) is 2. The first kappa shape index (κ1) is 14.1. The van der Waals surface area contributed by atoms with E-state index in [1.165, 1.54) is 5.56 Å². The van der Waals surface area contributed by atoms with Gasteiger partial charge in [0.1, 0.15) is 0 Å². The minimum absolute atomic E-state index is 0.571. The van der Waals surface area contributed by atoms with Gasteiger partial charge in [-0.2, -0.15) is 0 Å². The molecule has 3 rings (SSSR count). The second-order valence-electron chi connectivity index (χ2n) is 5.05. The SMILES string of the molecule is CCc1ccc(-c2c(CCN)nc3c(Cl)cccn23)cc1. The molecule has 0 spiro atoms. The van der Waals surface area contributed by atoms with Gasteiger partial charge in [-0.05, 0) is 30.7 Å². The van der Waals surface area contributed by atoms with Crippen LogP contribution in [0.15, 0.2) is 42.6 Å². The van der Waals surface area contributed by atoms with Gasteiger partial charge in [-0.15, -0.1) is 0 Å². The van der Waals surface area contributed by atoms with Crippen molar-refractivity contribution < 1.29 is 0 Å². The summed E-state index contributed by atoms with van der Waals surface area (Å²) in [5.41, 5.74) is 11.1. The number of rotatable bonds is 4. The van der Waals surface area contributed by atoms with E-state index in [1.54, 1.807) is 0 Å². The van der Waals surface area contributed by atoms with Crippen molar-refractivity contribution in [2.24, 2.45) is 5.73 Å². The van der Waals surface area contributed by atoms with Crippen LogP contribution in [0.1, 0.15) is 18.2 Å². The molecule has 0 saturated carbocycles. The molecule has 3 aromatic rings. The predicted molar refractivity (Wildman–Crippen MR) is 87.8 cm³/mol. The zero-order chi connectivity index (χ0) is 14.8. The molecule has 3 nitrogen and oxygen atoms in total. The molecule has 0 aliphatic rings. The average Bonchev–Trinajstić information content (AvgIpc) is 2.87. The van der Waals surface area contributed by atoms with E-state index < -0.39 is 0 Å². The van der Waals surface area contributed by atoms with Crippen molar-refractivity contribution in [1.82, 2.24) is 9.38 Å². The maximum absolute atomic E-state index is 6.26. The van der Waals surface area contributed by atoms with Crippen molar-refractivity contribution in [3.8, 4) is 11.3 Å². The van der Waals surface area contributed by atoms with Crippen LogP contribution in [0.5, 0.6) is 0 Å². The lowest BCUT2D eigenvalue weighted by Crippen LogP contribution is -2.04. The second-order valence-corrected chi connectivity index (χ2v) is 5.45. The van der Waals surface area contributed by atoms with E-state index in [-0.39, 0.29) is 0 Å². The standard InChI is InChI=1S/C17H18ClN3/c1-2-12-5-7-13(8-6-12)16-15(9-10-19)20-17-14(18)4-3-11-21(16)17/h3-8,11H,2,9-10,19H2,1H3. The van der Waals surface area contributed by atoms with E-state index in [0.29, 0.717) is 11.6 Å². The lowest BCUT2D eigenvalue weighted by atomic mass is 10.1. The van der Waals surface area contributed by atoms with E-state index in [9.17, 15) is 0 Å². The molecule has 108 valence electrons. The number of nitrogens with two attached hydrogens (primary N) is 1. The van der Waals surface area contributed by atoms with Crippen LogP contribution in [0, 0.1) is 0 Å². The number of aromatic nitrogens is 2. The van der Waals surface area contributed by atoms with Crippen LogP contribution in [0.2, 0.25) is 5.02 Å². The van der Waals surface area contributed by atoms with Gasteiger partial charge >= 0.3 is 0 Å². The Bertz CT molecular complexity index is 760. The number of pyridine rings is 1. The molecular weight excluding hydrogens is 282 g/mol. The summed E-state index contributed by atoms with van der Waals surface area (Å²) in [6, 6.07) is 12.4. The van der Waals surface area contributed by atoms with Gasteiger partial charge in [-0.3, -0.25) is 4.40 Å². The number of aryl methyl sites for hydroxylation is 1. The Kier molecular flexibility index (Phi) is 3.95. The Morgan fingerprint density at radius 1 is 1.19 bits per heavy atom. The van der Waals surface area contributed by atoms with E-state index in [0.717, 1.165) is 35.4 Å². The molecule has 2 heterocycles. The van der Waals surface area contributed by atoms with Crippen LogP contribution in [0.3, 0.4) is 0 Å². The normalized spacial score (nSPS) is 11.2. The van der Waals surface area contributed by atoms with Gasteiger partial charge in [0.25, 0.3) is 0 Å². The fourth-order valence-corrected chi connectivity index (χ4v) is 2.80. The molecule has 2 N–H and O–H groups in total. The number of benzene rings is 1. The molecule has 0 unspecified atom stereocenters. The van der Waals surface area contributed by atoms with Crippen LogP contribution in [-0.4, -0.2) is 15.9 Å². The fraction of sp³-hybridized carbons (Fsp3) is 0.235. The van der Waals surface area contributed by atoms with Crippen molar-refractivity contribution >= 4 is 17.2 Å². The zero-order valence-electron chi connectivity index (χ0n) is 12.0. The summed E-state index contributed by atoms with van der Waals surface area (Å²) in [6.45, 7) is 2.73. The van der Waals surface area contributed by atoms with Gasteiger partial charge < -0.3 is 5.73 Å². The minimum Gasteiger partial charge on any atom is -0.330 e. The Morgan fingerprint density at radius 2 is 1.95 bits per heavy atom. The Morgan fingerprint density at radius 3 is 2.62 bits per heavy atom. The van der Waals surface area contributed by atoms with Crippen molar-refractivity contribution in [2.75, 3.05) is 6.54 Å². The lowest BCUT2D eigenvalue weighted by molar-refractivity contribution is 0.939. The topological polar surface area (TPSA) is 43.3 Å². The quantitative estimate of drug-likeness (QED) is 0.798. The molecule has 2 aromatic heterocycles. The average molecular weight is 300 g/mol. The summed E-state index contributed by atoms with van der Waals surface area (Å²) in [6.07, 6.45) is 3.77. The highest BCUT2D eigenvalue weighted by Gasteiger charge is 2.15. The van der Waals surface area contributed by atoms with Crippen LogP contribution >= 0.6 is 11.6 Å². The second kappa shape index (κ2) is 5.88. The third-order valence-electron chi connectivity index (χ3n) is 3.69. The molecule has 4 heteroatoms. The number of nitrogens with zero attached hydrogens (tertiary/aromatic N) is 2. The molecule has 0 atom stereocenters. The molecule has 0 bridgehead atoms. The summed E-state index contributed by atoms with van der Waals surface area (Å²) in [5, 5.41) is 0.659. The zero-order valence-corrected chi connectivity index (χ0v) is 12.8. The molecular formula is C17H18ClN3. The van der Waals surface area contributed by atoms with Crippen LogP contribution in [0.25, 0.3) is 16.9 Å². The summed E-state index contributed by atoms with van der Waals surface area (Å²) >= 11 is 6.26. The molecule has 0 fully saturated rings. The molecule has 0 aliphatic carbocycles. The van der Waals surface area contributed by atoms with Gasteiger partial charge in [0.2, 0.25) is 0 Å². The Labute approximate surface area is 129 Å². The van der Waals surface area contributed by atoms with Crippen LogP contribution < -0.4 is 5.73 Å². The fourth-order valence-electron chi connectivity index (χ4n) is 2.60. The monoisotopic (exact) mass is 299 g/mol. The van der Waals surface area contributed by atoms with Gasteiger partial charge in [-0.25, -0.2) is 4.98 Å². The molecule has 0 saturated heterocycles. The smallest absolute Gasteiger partial charge is 0.156 e. The lowest BCUT2D eigenvalue weighted by Gasteiger charge is -2.06. The first-order valence-corrected chi connectivity index (χ1v) is 7.57. The molecule has 21 heavy (non-hydrogen) atoms. The molecule has 1 aromatic carbocycles. The highest BCUT2D eigenvalue weighted by atomic mass is 35.5. The van der Waals surface area contributed by atoms with Gasteiger partial charge in [-0.1, -0.05) is 42.8 Å². The van der Waals surface area contributed by atoms with Crippen molar-refractivity contribution in [1.29, 1.82) is 0 Å². The van der Waals surface area contributed by atoms with Crippen molar-refractivity contribution in [2.45, 2.75) is 19.8 Å². The Hall–Kier alpha value is -1.84. The van der Waals surface area contributed by atoms with Gasteiger partial charge in [0.15, 0.2) is 5.65 Å². The maximum Gasteiger partial charge on any atom is 0.156 e. The predicted octanol–water partition coefficient (Wildman–Crippen LogP) is 3.72. The summed E-state index contributed by atoms with van der Waals surface area (Å²) in [5.74, 6) is 0. The number of hydrogen-bond donors (Lipinski definition) is 1. The highest BCUT2D eigenvalue weighted by Crippen LogP contribution is 2.28. The van der Waals surface area contributed by atoms with E-state index in [1.807, 2.05) is 22.7 Å². The Balaban J connectivity index is 2.22. The first-order chi connectivity index (χ1) is 10.2. The summed E-state index contributed by atoms with van der Waals surface area (Å²) < 4.78 is 2.05. The molecule has 0 radical (unpaired) electrons. The van der Waals surface area contributed by atoms with Crippen molar-refractivity contribution in [3.05, 3.63) is 58.9 Å². The third-order valence-corrected chi connectivity index (χ3v) is 3.99. The molecule has 0 amide bonds. The van der Waals surface area contributed by atoms with Crippen LogP contribution in [-0.2, 0) is 12.8 Å². The first-order valence-electron chi connectivity index (χ1n) is 7.19. The summed E-state index contributed by atoms with van der Waals surface area (Å²) in [7, 11) is 0. The van der Waals surface area contributed by atoms with Crippen molar-refractivity contribution in [3.63, 3.8) is 0 Å². The van der Waals surface area contributed by atoms with E-state index in [4.69, 9.17) is 17.3 Å². The highest BCUT2D eigenvalue weighted by molar-refractivity contribution is 6.33. The number of fused-ring (bicyclic) bond motifs is 1. The van der Waals surface area contributed by atoms with E-state index >= 15 is 0 Å². The largest absolute Gasteiger partial charge is 0.330 e. The molecule has 0 aliphatic heterocycles. The van der Waals surface area contributed by atoms with E-state index in [2.05, 4.69) is 36.2 Å². The summed E-state index contributed by atoms with van der Waals surface area (Å²) in [4.78, 5) is 4.67. The van der Waals surface area contributed by atoms with Gasteiger partial charge in [0.05, 0.1) is 16.4 Å². The van der Waals surface area contributed by atoms with Crippen LogP contribution in [0.4, 0.5) is 0 Å². The maximum atomic E-state index is 6.26. The number of halogens is 1. The minimum atomic E-state index is 0.571. The third kappa shape index (κ3) is 2.55. The number of imidazole rings is 1.